The van der Waals surface area contributed by atoms with Crippen molar-refractivity contribution < 1.29 is 9.32 Å². The molecule has 2 aromatic rings. The van der Waals surface area contributed by atoms with Gasteiger partial charge in [-0.25, -0.2) is 0 Å². The van der Waals surface area contributed by atoms with Crippen LogP contribution in [0, 0.1) is 13.8 Å². The average Bonchev–Trinajstić information content (AvgIpc) is 2.79. The van der Waals surface area contributed by atoms with Gasteiger partial charge in [0.15, 0.2) is 0 Å². The lowest BCUT2D eigenvalue weighted by Crippen LogP contribution is -2.14. The number of hydrogen-bond acceptors (Lipinski definition) is 4. The van der Waals surface area contributed by atoms with Gasteiger partial charge in [0.2, 0.25) is 5.91 Å². The first kappa shape index (κ1) is 15.6. The molecule has 0 aliphatic carbocycles. The van der Waals surface area contributed by atoms with Crippen molar-refractivity contribution in [2.45, 2.75) is 32.9 Å². The standard InChI is InChI=1S/C16H20N2O2S/c1-4-13-6-5-7-14(8-13)17-16(19)10-21-9-15-11(2)18-20-12(15)3/h5-8H,4,9-10H2,1-3H3,(H,17,19). The monoisotopic (exact) mass is 304 g/mol. The highest BCUT2D eigenvalue weighted by Crippen LogP contribution is 2.19. The fraction of sp³-hybridized carbons (Fsp3) is 0.375. The highest BCUT2D eigenvalue weighted by molar-refractivity contribution is 7.99. The van der Waals surface area contributed by atoms with Crippen molar-refractivity contribution >= 4 is 23.4 Å². The van der Waals surface area contributed by atoms with Gasteiger partial charge < -0.3 is 9.84 Å². The van der Waals surface area contributed by atoms with Gasteiger partial charge in [-0.1, -0.05) is 24.2 Å². The van der Waals surface area contributed by atoms with Crippen LogP contribution in [0.25, 0.3) is 0 Å². The summed E-state index contributed by atoms with van der Waals surface area (Å²) in [6, 6.07) is 7.94. The number of carbonyl (C=O) groups is 1. The zero-order chi connectivity index (χ0) is 15.2. The minimum atomic E-state index is 0.0139. The lowest BCUT2D eigenvalue weighted by atomic mass is 10.1. The predicted octanol–water partition coefficient (Wildman–Crippen LogP) is 3.73. The third-order valence-corrected chi connectivity index (χ3v) is 4.24. The lowest BCUT2D eigenvalue weighted by Gasteiger charge is -2.06. The molecular formula is C16H20N2O2S. The normalized spacial score (nSPS) is 10.6. The van der Waals surface area contributed by atoms with Gasteiger partial charge >= 0.3 is 0 Å². The molecule has 0 unspecified atom stereocenters. The number of aromatic nitrogens is 1. The number of benzene rings is 1. The van der Waals surface area contributed by atoms with Gasteiger partial charge in [0, 0.05) is 17.0 Å². The Morgan fingerprint density at radius 2 is 2.19 bits per heavy atom. The molecule has 1 heterocycles. The maximum absolute atomic E-state index is 11.9. The van der Waals surface area contributed by atoms with Crippen molar-refractivity contribution in [3.05, 3.63) is 46.8 Å². The van der Waals surface area contributed by atoms with E-state index in [2.05, 4.69) is 23.5 Å². The Balaban J connectivity index is 1.82. The fourth-order valence-corrected chi connectivity index (χ4v) is 3.00. The Bertz CT molecular complexity index is 603. The number of thioether (sulfide) groups is 1. The van der Waals surface area contributed by atoms with E-state index in [-0.39, 0.29) is 5.91 Å². The number of amides is 1. The first-order chi connectivity index (χ1) is 10.1. The van der Waals surface area contributed by atoms with Gasteiger partial charge in [-0.15, -0.1) is 11.8 Å². The first-order valence-electron chi connectivity index (χ1n) is 6.98. The molecule has 0 radical (unpaired) electrons. The molecule has 0 aliphatic heterocycles. The van der Waals surface area contributed by atoms with Crippen molar-refractivity contribution in [2.24, 2.45) is 0 Å². The van der Waals surface area contributed by atoms with Gasteiger partial charge in [0.25, 0.3) is 0 Å². The highest BCUT2D eigenvalue weighted by Gasteiger charge is 2.10. The van der Waals surface area contributed by atoms with E-state index >= 15 is 0 Å². The summed E-state index contributed by atoms with van der Waals surface area (Å²) in [6.45, 7) is 5.91. The third-order valence-electron chi connectivity index (χ3n) is 3.28. The summed E-state index contributed by atoms with van der Waals surface area (Å²) in [5, 5.41) is 6.84. The van der Waals surface area contributed by atoms with Crippen LogP contribution in [0.3, 0.4) is 0 Å². The Hall–Kier alpha value is -1.75. The van der Waals surface area contributed by atoms with E-state index in [4.69, 9.17) is 4.52 Å². The maximum Gasteiger partial charge on any atom is 0.234 e. The molecule has 1 aromatic heterocycles. The van der Waals surface area contributed by atoms with Crippen LogP contribution in [0.5, 0.6) is 0 Å². The van der Waals surface area contributed by atoms with E-state index in [0.29, 0.717) is 5.75 Å². The number of hydrogen-bond donors (Lipinski definition) is 1. The molecule has 0 saturated heterocycles. The van der Waals surface area contributed by atoms with E-state index in [9.17, 15) is 4.79 Å². The van der Waals surface area contributed by atoms with Crippen LogP contribution in [0.4, 0.5) is 5.69 Å². The summed E-state index contributed by atoms with van der Waals surface area (Å²) in [5.74, 6) is 2.00. The van der Waals surface area contributed by atoms with Gasteiger partial charge in [0.05, 0.1) is 11.4 Å². The highest BCUT2D eigenvalue weighted by atomic mass is 32.2. The largest absolute Gasteiger partial charge is 0.361 e. The van der Waals surface area contributed by atoms with Crippen LogP contribution in [-0.2, 0) is 17.0 Å². The molecule has 0 fully saturated rings. The van der Waals surface area contributed by atoms with Crippen molar-refractivity contribution in [3.8, 4) is 0 Å². The third kappa shape index (κ3) is 4.36. The molecule has 21 heavy (non-hydrogen) atoms. The van der Waals surface area contributed by atoms with Crippen molar-refractivity contribution in [1.82, 2.24) is 5.16 Å². The van der Waals surface area contributed by atoms with Crippen LogP contribution < -0.4 is 5.32 Å². The van der Waals surface area contributed by atoms with Gasteiger partial charge in [-0.2, -0.15) is 0 Å². The Kier molecular flexibility index (Phi) is 5.44. The van der Waals surface area contributed by atoms with E-state index in [0.717, 1.165) is 34.9 Å². The number of nitrogens with one attached hydrogen (secondary N) is 1. The molecule has 0 bridgehead atoms. The second-order valence-electron chi connectivity index (χ2n) is 4.90. The number of anilines is 1. The molecule has 112 valence electrons. The zero-order valence-corrected chi connectivity index (χ0v) is 13.4. The molecule has 0 spiro atoms. The molecule has 2 rings (SSSR count). The maximum atomic E-state index is 11.9. The summed E-state index contributed by atoms with van der Waals surface area (Å²) in [7, 11) is 0. The minimum Gasteiger partial charge on any atom is -0.361 e. The van der Waals surface area contributed by atoms with Crippen LogP contribution in [0.2, 0.25) is 0 Å². The summed E-state index contributed by atoms with van der Waals surface area (Å²) < 4.78 is 5.11. The van der Waals surface area contributed by atoms with Gasteiger partial charge in [0.1, 0.15) is 5.76 Å². The fourth-order valence-electron chi connectivity index (χ4n) is 2.02. The SMILES string of the molecule is CCc1cccc(NC(=O)CSCc2c(C)noc2C)c1. The average molecular weight is 304 g/mol. The van der Waals surface area contributed by atoms with E-state index < -0.39 is 0 Å². The second kappa shape index (κ2) is 7.31. The van der Waals surface area contributed by atoms with E-state index in [1.54, 1.807) is 11.8 Å². The Morgan fingerprint density at radius 3 is 2.86 bits per heavy atom. The summed E-state index contributed by atoms with van der Waals surface area (Å²) in [5.41, 5.74) is 4.06. The summed E-state index contributed by atoms with van der Waals surface area (Å²) >= 11 is 1.56. The molecule has 0 atom stereocenters. The smallest absolute Gasteiger partial charge is 0.234 e. The molecule has 0 aliphatic rings. The lowest BCUT2D eigenvalue weighted by molar-refractivity contribution is -0.113. The van der Waals surface area contributed by atoms with Crippen molar-refractivity contribution in [3.63, 3.8) is 0 Å². The second-order valence-corrected chi connectivity index (χ2v) is 5.88. The van der Waals surface area contributed by atoms with Crippen molar-refractivity contribution in [1.29, 1.82) is 0 Å². The molecule has 4 nitrogen and oxygen atoms in total. The van der Waals surface area contributed by atoms with E-state index in [1.165, 1.54) is 5.56 Å². The Labute approximate surface area is 129 Å². The summed E-state index contributed by atoms with van der Waals surface area (Å²) in [6.07, 6.45) is 0.963. The predicted molar refractivity (Wildman–Crippen MR) is 86.6 cm³/mol. The molecule has 1 aromatic carbocycles. The van der Waals surface area contributed by atoms with E-state index in [1.807, 2.05) is 32.0 Å². The molecule has 5 heteroatoms. The quantitative estimate of drug-likeness (QED) is 0.883. The molecule has 1 N–H and O–H groups in total. The van der Waals surface area contributed by atoms with Gasteiger partial charge in [-0.05, 0) is 38.0 Å². The topological polar surface area (TPSA) is 55.1 Å². The van der Waals surface area contributed by atoms with Crippen LogP contribution in [0.1, 0.15) is 29.5 Å². The molecule has 0 saturated carbocycles. The molecular weight excluding hydrogens is 284 g/mol. The number of nitrogens with zero attached hydrogens (tertiary/aromatic N) is 1. The van der Waals surface area contributed by atoms with Crippen LogP contribution in [-0.4, -0.2) is 16.8 Å². The zero-order valence-electron chi connectivity index (χ0n) is 12.6. The summed E-state index contributed by atoms with van der Waals surface area (Å²) in [4.78, 5) is 11.9. The van der Waals surface area contributed by atoms with Crippen molar-refractivity contribution in [2.75, 3.05) is 11.1 Å². The molecule has 1 amide bonds. The van der Waals surface area contributed by atoms with Crippen LogP contribution >= 0.6 is 11.8 Å². The first-order valence-corrected chi connectivity index (χ1v) is 8.14. The number of carbonyl (C=O) groups excluding carboxylic acids is 1. The number of rotatable bonds is 6. The van der Waals surface area contributed by atoms with Crippen LogP contribution in [0.15, 0.2) is 28.8 Å². The van der Waals surface area contributed by atoms with Gasteiger partial charge in [-0.3, -0.25) is 4.79 Å². The Morgan fingerprint density at radius 1 is 1.38 bits per heavy atom. The number of aryl methyl sites for hydroxylation is 3. The minimum absolute atomic E-state index is 0.0139.